The third kappa shape index (κ3) is 4.07. The van der Waals surface area contributed by atoms with Crippen LogP contribution in [0.15, 0.2) is 59.5 Å². The van der Waals surface area contributed by atoms with E-state index < -0.39 is 0 Å². The van der Waals surface area contributed by atoms with Crippen molar-refractivity contribution in [3.05, 3.63) is 64.9 Å². The highest BCUT2D eigenvalue weighted by atomic mass is 32.1. The summed E-state index contributed by atoms with van der Waals surface area (Å²) in [5.74, 6) is 0.441. The summed E-state index contributed by atoms with van der Waals surface area (Å²) in [4.78, 5) is 12.8. The molecule has 2 aromatic rings. The van der Waals surface area contributed by atoms with Crippen molar-refractivity contribution in [3.8, 4) is 5.75 Å². The highest BCUT2D eigenvalue weighted by Crippen LogP contribution is 2.12. The Bertz CT molecular complexity index is 589. The van der Waals surface area contributed by atoms with Gasteiger partial charge in [0.25, 0.3) is 5.91 Å². The summed E-state index contributed by atoms with van der Waals surface area (Å²) in [6.07, 6.45) is 3.28. The summed E-state index contributed by atoms with van der Waals surface area (Å²) < 4.78 is 5.34. The maximum absolute atomic E-state index is 11.8. The highest BCUT2D eigenvalue weighted by Gasteiger charge is 2.03. The SMILES string of the molecule is C=CCOc1ccc(C(=O)NN=Cc2cccs2)cc1. The predicted octanol–water partition coefficient (Wildman–Crippen LogP) is 3.08. The van der Waals surface area contributed by atoms with Crippen LogP contribution in [-0.4, -0.2) is 18.7 Å². The maximum atomic E-state index is 11.8. The van der Waals surface area contributed by atoms with E-state index in [-0.39, 0.29) is 5.91 Å². The van der Waals surface area contributed by atoms with Gasteiger partial charge in [-0.25, -0.2) is 5.43 Å². The van der Waals surface area contributed by atoms with Crippen LogP contribution in [0.25, 0.3) is 0 Å². The normalized spacial score (nSPS) is 10.4. The number of carbonyl (C=O) groups is 1. The number of carbonyl (C=O) groups excluding carboxylic acids is 1. The Kier molecular flexibility index (Phi) is 5.08. The van der Waals surface area contributed by atoms with Crippen LogP contribution in [0.4, 0.5) is 0 Å². The molecule has 1 aromatic carbocycles. The molecule has 102 valence electrons. The molecule has 1 N–H and O–H groups in total. The first-order chi connectivity index (χ1) is 9.79. The van der Waals surface area contributed by atoms with Gasteiger partial charge in [0.05, 0.1) is 6.21 Å². The average molecular weight is 286 g/mol. The number of rotatable bonds is 6. The second kappa shape index (κ2) is 7.25. The standard InChI is InChI=1S/C15H14N2O2S/c1-2-9-19-13-7-5-12(6-8-13)15(18)17-16-11-14-4-3-10-20-14/h2-8,10-11H,1,9H2,(H,17,18). The van der Waals surface area contributed by atoms with Gasteiger partial charge in [-0.15, -0.1) is 11.3 Å². The summed E-state index contributed by atoms with van der Waals surface area (Å²) in [5, 5.41) is 5.85. The largest absolute Gasteiger partial charge is 0.490 e. The van der Waals surface area contributed by atoms with Crippen molar-refractivity contribution in [3.63, 3.8) is 0 Å². The molecule has 0 atom stereocenters. The van der Waals surface area contributed by atoms with Crippen molar-refractivity contribution in [1.82, 2.24) is 5.43 Å². The Morgan fingerprint density at radius 3 is 2.80 bits per heavy atom. The summed E-state index contributed by atoms with van der Waals surface area (Å²) in [6.45, 7) is 4.01. The number of ether oxygens (including phenoxy) is 1. The summed E-state index contributed by atoms with van der Waals surface area (Å²) in [6, 6.07) is 10.7. The molecule has 0 saturated heterocycles. The predicted molar refractivity (Wildman–Crippen MR) is 81.5 cm³/mol. The van der Waals surface area contributed by atoms with Gasteiger partial charge in [0.15, 0.2) is 0 Å². The first-order valence-corrected chi connectivity index (χ1v) is 6.88. The first-order valence-electron chi connectivity index (χ1n) is 6.00. The van der Waals surface area contributed by atoms with E-state index in [1.54, 1.807) is 47.9 Å². The molecular formula is C15H14N2O2S. The van der Waals surface area contributed by atoms with E-state index in [0.717, 1.165) is 4.88 Å². The number of nitrogens with zero attached hydrogens (tertiary/aromatic N) is 1. The Balaban J connectivity index is 1.90. The minimum atomic E-state index is -0.256. The van der Waals surface area contributed by atoms with Gasteiger partial charge in [-0.05, 0) is 35.7 Å². The molecule has 20 heavy (non-hydrogen) atoms. The molecule has 0 unspecified atom stereocenters. The van der Waals surface area contributed by atoms with Gasteiger partial charge in [-0.1, -0.05) is 18.7 Å². The lowest BCUT2D eigenvalue weighted by Crippen LogP contribution is -2.17. The topological polar surface area (TPSA) is 50.7 Å². The number of hydrazone groups is 1. The number of thiophene rings is 1. The average Bonchev–Trinajstić information content (AvgIpc) is 2.99. The van der Waals surface area contributed by atoms with Crippen LogP contribution in [0.2, 0.25) is 0 Å². The molecule has 0 fully saturated rings. The molecule has 0 saturated carbocycles. The molecule has 1 aromatic heterocycles. The number of amides is 1. The van der Waals surface area contributed by atoms with Gasteiger partial charge in [0, 0.05) is 10.4 Å². The number of hydrogen-bond acceptors (Lipinski definition) is 4. The zero-order valence-corrected chi connectivity index (χ0v) is 11.6. The molecule has 0 aliphatic rings. The Hall–Kier alpha value is -2.40. The molecular weight excluding hydrogens is 272 g/mol. The van der Waals surface area contributed by atoms with Gasteiger partial charge in [-0.2, -0.15) is 5.10 Å². The van der Waals surface area contributed by atoms with Crippen molar-refractivity contribution in [1.29, 1.82) is 0 Å². The monoisotopic (exact) mass is 286 g/mol. The molecule has 1 amide bonds. The van der Waals surface area contributed by atoms with E-state index in [2.05, 4.69) is 17.1 Å². The smallest absolute Gasteiger partial charge is 0.271 e. The Morgan fingerprint density at radius 2 is 2.15 bits per heavy atom. The van der Waals surface area contributed by atoms with E-state index in [1.807, 2.05) is 17.5 Å². The van der Waals surface area contributed by atoms with Crippen LogP contribution in [0, 0.1) is 0 Å². The molecule has 0 spiro atoms. The highest BCUT2D eigenvalue weighted by molar-refractivity contribution is 7.11. The van der Waals surface area contributed by atoms with Crippen molar-refractivity contribution in [2.75, 3.05) is 6.61 Å². The molecule has 2 rings (SSSR count). The molecule has 4 nitrogen and oxygen atoms in total. The Labute approximate surface area is 121 Å². The zero-order valence-electron chi connectivity index (χ0n) is 10.8. The van der Waals surface area contributed by atoms with Gasteiger partial charge in [-0.3, -0.25) is 4.79 Å². The minimum Gasteiger partial charge on any atom is -0.490 e. The summed E-state index contributed by atoms with van der Waals surface area (Å²) >= 11 is 1.55. The molecule has 0 radical (unpaired) electrons. The van der Waals surface area contributed by atoms with Crippen LogP contribution in [0.3, 0.4) is 0 Å². The fourth-order valence-electron chi connectivity index (χ4n) is 1.44. The van der Waals surface area contributed by atoms with Crippen molar-refractivity contribution < 1.29 is 9.53 Å². The minimum absolute atomic E-state index is 0.256. The van der Waals surface area contributed by atoms with E-state index in [4.69, 9.17) is 4.74 Å². The van der Waals surface area contributed by atoms with Crippen LogP contribution in [0.1, 0.15) is 15.2 Å². The second-order valence-electron chi connectivity index (χ2n) is 3.84. The number of nitrogens with one attached hydrogen (secondary N) is 1. The Morgan fingerprint density at radius 1 is 1.35 bits per heavy atom. The fraction of sp³-hybridized carbons (Fsp3) is 0.0667. The van der Waals surface area contributed by atoms with Crippen molar-refractivity contribution >= 4 is 23.5 Å². The van der Waals surface area contributed by atoms with E-state index in [1.165, 1.54) is 0 Å². The number of hydrogen-bond donors (Lipinski definition) is 1. The molecule has 5 heteroatoms. The van der Waals surface area contributed by atoms with Gasteiger partial charge in [0.2, 0.25) is 0 Å². The summed E-state index contributed by atoms with van der Waals surface area (Å²) in [5.41, 5.74) is 3.01. The van der Waals surface area contributed by atoms with Crippen LogP contribution >= 0.6 is 11.3 Å². The van der Waals surface area contributed by atoms with Gasteiger partial charge < -0.3 is 4.74 Å². The lowest BCUT2D eigenvalue weighted by atomic mass is 10.2. The van der Waals surface area contributed by atoms with E-state index in [0.29, 0.717) is 17.9 Å². The van der Waals surface area contributed by atoms with E-state index in [9.17, 15) is 4.79 Å². The molecule has 1 heterocycles. The molecule has 0 bridgehead atoms. The van der Waals surface area contributed by atoms with Crippen molar-refractivity contribution in [2.45, 2.75) is 0 Å². The van der Waals surface area contributed by atoms with Gasteiger partial charge >= 0.3 is 0 Å². The lowest BCUT2D eigenvalue weighted by Gasteiger charge is -2.04. The van der Waals surface area contributed by atoms with Crippen LogP contribution < -0.4 is 10.2 Å². The fourth-order valence-corrected chi connectivity index (χ4v) is 2.03. The summed E-state index contributed by atoms with van der Waals surface area (Å²) in [7, 11) is 0. The van der Waals surface area contributed by atoms with Crippen molar-refractivity contribution in [2.24, 2.45) is 5.10 Å². The third-order valence-electron chi connectivity index (χ3n) is 2.39. The first kappa shape index (κ1) is 14.0. The maximum Gasteiger partial charge on any atom is 0.271 e. The van der Waals surface area contributed by atoms with Crippen LogP contribution in [-0.2, 0) is 0 Å². The van der Waals surface area contributed by atoms with E-state index >= 15 is 0 Å². The number of benzene rings is 1. The van der Waals surface area contributed by atoms with Crippen LogP contribution in [0.5, 0.6) is 5.75 Å². The second-order valence-corrected chi connectivity index (χ2v) is 4.82. The third-order valence-corrected chi connectivity index (χ3v) is 3.19. The molecule has 0 aliphatic carbocycles. The molecule has 0 aliphatic heterocycles. The zero-order chi connectivity index (χ0) is 14.2. The quantitative estimate of drug-likeness (QED) is 0.504. The lowest BCUT2D eigenvalue weighted by molar-refractivity contribution is 0.0955. The van der Waals surface area contributed by atoms with Gasteiger partial charge in [0.1, 0.15) is 12.4 Å².